The van der Waals surface area contributed by atoms with E-state index in [1.165, 1.54) is 19.1 Å². The minimum absolute atomic E-state index is 0.102. The number of alkyl halides is 3. The summed E-state index contributed by atoms with van der Waals surface area (Å²) in [6, 6.07) is 4.03. The smallest absolute Gasteiger partial charge is 0.384 e. The van der Waals surface area contributed by atoms with Crippen molar-refractivity contribution in [1.29, 1.82) is 0 Å². The van der Waals surface area contributed by atoms with Crippen LogP contribution >= 0.6 is 11.8 Å². The van der Waals surface area contributed by atoms with Crippen LogP contribution in [0.25, 0.3) is 11.1 Å². The van der Waals surface area contributed by atoms with Gasteiger partial charge < -0.3 is 24.5 Å². The lowest BCUT2D eigenvalue weighted by atomic mass is 9.99. The van der Waals surface area contributed by atoms with Crippen molar-refractivity contribution >= 4 is 23.4 Å². The van der Waals surface area contributed by atoms with Gasteiger partial charge in [0.15, 0.2) is 11.6 Å². The van der Waals surface area contributed by atoms with Gasteiger partial charge in [0.05, 0.1) is 26.8 Å². The lowest BCUT2D eigenvalue weighted by Gasteiger charge is -2.40. The number of likely N-dealkylation sites (tertiary alicyclic amines) is 1. The van der Waals surface area contributed by atoms with Crippen molar-refractivity contribution in [2.75, 3.05) is 44.7 Å². The highest BCUT2D eigenvalue weighted by Gasteiger charge is 2.33. The number of thioether (sulfide) groups is 1. The van der Waals surface area contributed by atoms with Crippen molar-refractivity contribution in [1.82, 2.24) is 9.80 Å². The summed E-state index contributed by atoms with van der Waals surface area (Å²) in [5, 5.41) is 10.9. The van der Waals surface area contributed by atoms with Gasteiger partial charge in [-0.25, -0.2) is 8.78 Å². The number of hydrogen-bond acceptors (Lipinski definition) is 6. The molecule has 1 amide bonds. The first-order valence-electron chi connectivity index (χ1n) is 23.5. The highest BCUT2D eigenvalue weighted by molar-refractivity contribution is 8.02. The van der Waals surface area contributed by atoms with Gasteiger partial charge in [-0.2, -0.15) is 13.2 Å². The number of anilines is 1. The molecule has 280 valence electrons. The topological polar surface area (TPSA) is 56.3 Å². The SMILES string of the molecule is [2H]C1=C(SCc2cccc(F)c2F)N(CC(=O)N(C([2H])([2H])c2ccc(-c3ccc(C(F)(F)F)cc3)cc2)C2([2H])C([2H])([2H])C([2H])([2H])N(CCOC)C([2H])([2H])C2([2H])[2H])c2c([2H])c([2H])c(C)c([2H])c2C1O. The number of ether oxygens (including phenoxy) is 1. The summed E-state index contributed by atoms with van der Waals surface area (Å²) in [6.45, 7) is -12.8. The number of carbonyl (C=O) groups is 1. The fraction of sp³-hybridized carbons (Fsp3) is 0.341. The van der Waals surface area contributed by atoms with E-state index in [2.05, 4.69) is 0 Å². The molecule has 4 aromatic rings. The summed E-state index contributed by atoms with van der Waals surface area (Å²) in [7, 11) is 1.14. The van der Waals surface area contributed by atoms with Gasteiger partial charge in [-0.15, -0.1) is 11.8 Å². The van der Waals surface area contributed by atoms with E-state index >= 15 is 4.79 Å². The molecule has 1 atom stereocenters. The van der Waals surface area contributed by atoms with Crippen molar-refractivity contribution in [2.24, 2.45) is 0 Å². The second kappa shape index (κ2) is 16.8. The second-order valence-electron chi connectivity index (χ2n) is 11.7. The molecule has 2 heterocycles. The van der Waals surface area contributed by atoms with Crippen LogP contribution in [0.15, 0.2) is 95.9 Å². The summed E-state index contributed by atoms with van der Waals surface area (Å²) in [4.78, 5) is 15.9. The zero-order valence-electron chi connectivity index (χ0n) is 43.2. The van der Waals surface area contributed by atoms with Gasteiger partial charge in [-0.05, 0) is 66.7 Å². The highest BCUT2D eigenvalue weighted by atomic mass is 32.2. The molecule has 0 aliphatic carbocycles. The molecule has 0 radical (unpaired) electrons. The Morgan fingerprint density at radius 2 is 1.75 bits per heavy atom. The lowest BCUT2D eigenvalue weighted by molar-refractivity contribution is -0.137. The minimum Gasteiger partial charge on any atom is -0.384 e. The highest BCUT2D eigenvalue weighted by Crippen LogP contribution is 2.41. The van der Waals surface area contributed by atoms with Gasteiger partial charge in [-0.3, -0.25) is 4.79 Å². The zero-order valence-corrected chi connectivity index (χ0v) is 29.0. The molecule has 0 bridgehead atoms. The Bertz CT molecular complexity index is 2610. The molecule has 1 unspecified atom stereocenters. The molecule has 53 heavy (non-hydrogen) atoms. The summed E-state index contributed by atoms with van der Waals surface area (Å²) in [5.41, 5.74) is -2.94. The van der Waals surface area contributed by atoms with Gasteiger partial charge in [0.1, 0.15) is 12.6 Å². The minimum atomic E-state index is -4.68. The Labute approximate surface area is 331 Å². The van der Waals surface area contributed by atoms with Crippen molar-refractivity contribution in [3.8, 4) is 11.1 Å². The number of fused-ring (bicyclic) bond motifs is 1. The van der Waals surface area contributed by atoms with Crippen LogP contribution < -0.4 is 4.90 Å². The van der Waals surface area contributed by atoms with E-state index in [1.807, 2.05) is 0 Å². The van der Waals surface area contributed by atoms with Gasteiger partial charge in [-0.1, -0.05) is 66.2 Å². The van der Waals surface area contributed by atoms with Crippen LogP contribution in [0, 0.1) is 18.6 Å². The van der Waals surface area contributed by atoms with Gasteiger partial charge in [0, 0.05) is 72.7 Å². The Morgan fingerprint density at radius 3 is 2.42 bits per heavy atom. The molecule has 6 rings (SSSR count). The number of hydrogen-bond donors (Lipinski definition) is 1. The fourth-order valence-corrected chi connectivity index (χ4v) is 6.26. The third-order valence-electron chi connectivity index (χ3n) is 7.97. The number of amides is 1. The zero-order chi connectivity index (χ0) is 51.1. The lowest BCUT2D eigenvalue weighted by Crippen LogP contribution is -2.50. The summed E-state index contributed by atoms with van der Waals surface area (Å²) in [5.74, 6) is -5.01. The van der Waals surface area contributed by atoms with E-state index in [9.17, 15) is 36.7 Å². The summed E-state index contributed by atoms with van der Waals surface area (Å²) < 4.78 is 211. The third kappa shape index (κ3) is 9.29. The van der Waals surface area contributed by atoms with E-state index in [1.54, 1.807) is 0 Å². The number of benzene rings is 4. The van der Waals surface area contributed by atoms with Crippen molar-refractivity contribution in [3.63, 3.8) is 0 Å². The van der Waals surface area contributed by atoms with E-state index < -0.39 is 145 Å². The molecule has 2 aliphatic heterocycles. The number of halogens is 5. The Balaban J connectivity index is 1.59. The largest absolute Gasteiger partial charge is 0.416 e. The maximum atomic E-state index is 15.5. The molecule has 4 aromatic carbocycles. The quantitative estimate of drug-likeness (QED) is 0.146. The molecule has 0 spiro atoms. The number of nitrogens with zero attached hydrogens (tertiary/aromatic N) is 3. The predicted octanol–water partition coefficient (Wildman–Crippen LogP) is 8.73. The monoisotopic (exact) mass is 766 g/mol. The van der Waals surface area contributed by atoms with Crippen molar-refractivity contribution < 1.29 is 57.2 Å². The number of methoxy groups -OCH3 is 1. The average molecular weight is 767 g/mol. The van der Waals surface area contributed by atoms with Crippen LogP contribution in [0.1, 0.15) is 67.2 Å². The molecular formula is C41H42F5N3O3S. The molecular weight excluding hydrogens is 710 g/mol. The van der Waals surface area contributed by atoms with Crippen LogP contribution in [0.5, 0.6) is 0 Å². The number of piperidine rings is 1. The molecule has 1 saturated heterocycles. The van der Waals surface area contributed by atoms with Gasteiger partial charge >= 0.3 is 6.18 Å². The molecule has 0 saturated carbocycles. The number of aliphatic hydroxyl groups excluding tert-OH is 1. The van der Waals surface area contributed by atoms with Gasteiger partial charge in [0.2, 0.25) is 5.91 Å². The maximum absolute atomic E-state index is 15.5. The second-order valence-corrected chi connectivity index (χ2v) is 12.6. The van der Waals surface area contributed by atoms with Crippen molar-refractivity contribution in [3.05, 3.63) is 135 Å². The Hall–Kier alpha value is -4.23. The van der Waals surface area contributed by atoms with Crippen LogP contribution in [-0.4, -0.2) is 66.6 Å². The standard InChI is InChI=1S/C41H42F5N3O3S/c1-27-6-15-36-34(22-27)37(50)23-39(53-26-31-4-3-5-35(42)40(31)43)49(36)25-38(51)48(33-16-18-47(19-17-33)20-21-52-2)24-28-7-9-29(10-8-28)30-11-13-32(14-12-30)41(44,45)46/h3-15,22-23,33,37,50H,16-21,24-26H2,1-2H3/i6D,15D,16D2,17D2,18D2,19D2,22D,23D,24D2,33D. The van der Waals surface area contributed by atoms with E-state index in [-0.39, 0.29) is 32.1 Å². The normalized spacial score (nSPS) is 25.7. The summed E-state index contributed by atoms with van der Waals surface area (Å²) >= 11 is 0.468. The van der Waals surface area contributed by atoms with E-state index in [4.69, 9.17) is 15.7 Å². The predicted molar refractivity (Wildman–Crippen MR) is 198 cm³/mol. The van der Waals surface area contributed by atoms with Crippen molar-refractivity contribution in [2.45, 2.75) is 50.2 Å². The third-order valence-corrected chi connectivity index (χ3v) is 9.03. The van der Waals surface area contributed by atoms with Crippen LogP contribution in [-0.2, 0) is 28.0 Å². The first-order valence-corrected chi connectivity index (χ1v) is 17.0. The van der Waals surface area contributed by atoms with Crippen LogP contribution in [0.3, 0.4) is 0 Å². The molecule has 6 nitrogen and oxygen atoms in total. The van der Waals surface area contributed by atoms with Gasteiger partial charge in [0.25, 0.3) is 0 Å². The number of rotatable bonds is 12. The molecule has 1 fully saturated rings. The molecule has 1 N–H and O–H groups in total. The Morgan fingerprint density at radius 1 is 1.08 bits per heavy atom. The number of aliphatic hydroxyl groups is 1. The fourth-order valence-electron chi connectivity index (χ4n) is 5.24. The average Bonchev–Trinajstić information content (AvgIpc) is 3.26. The molecule has 2 aliphatic rings. The maximum Gasteiger partial charge on any atom is 0.416 e. The number of carbonyl (C=O) groups excluding carboxylic acids is 1. The van der Waals surface area contributed by atoms with Crippen LogP contribution in [0.4, 0.5) is 27.6 Å². The Kier molecular flexibility index (Phi) is 7.48. The van der Waals surface area contributed by atoms with E-state index in [0.717, 1.165) is 61.7 Å². The molecule has 12 heteroatoms. The van der Waals surface area contributed by atoms with E-state index in [0.29, 0.717) is 16.7 Å². The first kappa shape index (κ1) is 23.5. The summed E-state index contributed by atoms with van der Waals surface area (Å²) in [6.07, 6.45) is -15.0. The molecule has 0 aromatic heterocycles. The van der Waals surface area contributed by atoms with Crippen LogP contribution in [0.2, 0.25) is 0 Å². The first-order chi connectivity index (χ1) is 31.3.